The van der Waals surface area contributed by atoms with Gasteiger partial charge in [-0.15, -0.1) is 22.7 Å². The Labute approximate surface area is 175 Å². The van der Waals surface area contributed by atoms with Gasteiger partial charge in [-0.1, -0.05) is 27.7 Å². The van der Waals surface area contributed by atoms with Gasteiger partial charge in [-0.3, -0.25) is 9.11 Å². The summed E-state index contributed by atoms with van der Waals surface area (Å²) in [7, 11) is -8.59. The van der Waals surface area contributed by atoms with Gasteiger partial charge < -0.3 is 0 Å². The molecule has 0 aliphatic heterocycles. The fraction of sp³-hybridized carbons (Fsp3) is 0.625. The van der Waals surface area contributed by atoms with Crippen LogP contribution in [0.2, 0.25) is 0 Å². The first-order chi connectivity index (χ1) is 12.8. The predicted molar refractivity (Wildman–Crippen MR) is 114 cm³/mol. The molecule has 0 aliphatic rings. The van der Waals surface area contributed by atoms with Crippen molar-refractivity contribution in [3.8, 4) is 0 Å². The fourth-order valence-corrected chi connectivity index (χ4v) is 4.55. The van der Waals surface area contributed by atoms with Crippen LogP contribution in [0.3, 0.4) is 0 Å². The van der Waals surface area contributed by atoms with Crippen molar-refractivity contribution in [3.63, 3.8) is 0 Å². The molecule has 0 bridgehead atoms. The van der Waals surface area contributed by atoms with Crippen molar-refractivity contribution in [1.29, 1.82) is 0 Å². The number of nitrogens with zero attached hydrogens (tertiary/aromatic N) is 2. The molecule has 0 aliphatic carbocycles. The smallest absolute Gasteiger partial charge is 0.265 e. The fourth-order valence-electron chi connectivity index (χ4n) is 1.72. The number of thiazole rings is 2. The molecule has 2 N–H and O–H groups in total. The molecular formula is C16H28N2O6S4. The van der Waals surface area contributed by atoms with Crippen molar-refractivity contribution < 1.29 is 25.9 Å². The van der Waals surface area contributed by atoms with Crippen LogP contribution >= 0.6 is 22.7 Å². The lowest BCUT2D eigenvalue weighted by Gasteiger charge is -1.97. The molecule has 2 aromatic heterocycles. The lowest BCUT2D eigenvalue weighted by molar-refractivity contribution is 0.472. The normalized spacial score (nSPS) is 11.6. The van der Waals surface area contributed by atoms with E-state index in [4.69, 9.17) is 9.11 Å². The number of hydrogen-bond acceptors (Lipinski definition) is 8. The summed E-state index contributed by atoms with van der Waals surface area (Å²) in [5.41, 5.74) is 6.24. The zero-order valence-electron chi connectivity index (χ0n) is 16.3. The average molecular weight is 473 g/mol. The quantitative estimate of drug-likeness (QED) is 0.585. The van der Waals surface area contributed by atoms with E-state index in [-0.39, 0.29) is 0 Å². The Morgan fingerprint density at radius 2 is 1.11 bits per heavy atom. The second-order valence-electron chi connectivity index (χ2n) is 6.73. The lowest BCUT2D eigenvalue weighted by Crippen LogP contribution is -2.15. The van der Waals surface area contributed by atoms with Gasteiger partial charge in [0.1, 0.15) is 0 Å². The van der Waals surface area contributed by atoms with Gasteiger partial charge in [0.05, 0.1) is 33.9 Å². The highest BCUT2D eigenvalue weighted by Gasteiger charge is 2.11. The van der Waals surface area contributed by atoms with Gasteiger partial charge in [0, 0.05) is 10.8 Å². The average Bonchev–Trinajstić information content (AvgIpc) is 3.18. The van der Waals surface area contributed by atoms with Gasteiger partial charge in [0.15, 0.2) is 0 Å². The van der Waals surface area contributed by atoms with Crippen molar-refractivity contribution in [2.24, 2.45) is 11.8 Å². The molecule has 0 saturated carbocycles. The first-order valence-electron chi connectivity index (χ1n) is 8.43. The van der Waals surface area contributed by atoms with Gasteiger partial charge >= 0.3 is 0 Å². The van der Waals surface area contributed by atoms with Crippen LogP contribution in [0.15, 0.2) is 21.8 Å². The summed E-state index contributed by atoms with van der Waals surface area (Å²) in [5.74, 6) is -0.503. The standard InChI is InChI=1S/2C7H11NS.C2H6O6S2/c2*1-6(2)3-7-4-9-5-8-7;3-9(4,5)1-2-10(6,7)8/h2*4-6H,3H2,1-2H3;1-2H2,(H,3,4,5)(H,6,7,8). The Morgan fingerprint density at radius 3 is 1.29 bits per heavy atom. The molecule has 0 fully saturated rings. The third-order valence-electron chi connectivity index (χ3n) is 2.80. The molecule has 2 heterocycles. The summed E-state index contributed by atoms with van der Waals surface area (Å²) in [5, 5.41) is 4.22. The maximum absolute atomic E-state index is 9.86. The summed E-state index contributed by atoms with van der Waals surface area (Å²) in [4.78, 5) is 8.35. The van der Waals surface area contributed by atoms with Crippen molar-refractivity contribution >= 4 is 42.9 Å². The van der Waals surface area contributed by atoms with E-state index < -0.39 is 31.7 Å². The molecule has 0 amide bonds. The highest BCUT2D eigenvalue weighted by molar-refractivity contribution is 7.89. The molecule has 12 heteroatoms. The predicted octanol–water partition coefficient (Wildman–Crippen LogP) is 3.45. The molecule has 162 valence electrons. The van der Waals surface area contributed by atoms with Crippen LogP contribution in [0.4, 0.5) is 0 Å². The van der Waals surface area contributed by atoms with Gasteiger partial charge in [-0.25, -0.2) is 9.97 Å². The summed E-state index contributed by atoms with van der Waals surface area (Å²) < 4.78 is 55.4. The minimum atomic E-state index is -4.30. The summed E-state index contributed by atoms with van der Waals surface area (Å²) in [6.07, 6.45) is 2.23. The number of rotatable bonds is 7. The monoisotopic (exact) mass is 472 g/mol. The Morgan fingerprint density at radius 1 is 0.786 bits per heavy atom. The van der Waals surface area contributed by atoms with Crippen molar-refractivity contribution in [3.05, 3.63) is 33.2 Å². The van der Waals surface area contributed by atoms with Crippen LogP contribution in [-0.4, -0.2) is 47.4 Å². The molecule has 0 saturated heterocycles. The third kappa shape index (κ3) is 18.4. The van der Waals surface area contributed by atoms with Gasteiger partial charge in [-0.05, 0) is 24.7 Å². The van der Waals surface area contributed by atoms with Crippen molar-refractivity contribution in [1.82, 2.24) is 9.97 Å². The van der Waals surface area contributed by atoms with Gasteiger partial charge in [0.25, 0.3) is 20.2 Å². The van der Waals surface area contributed by atoms with E-state index in [1.165, 1.54) is 11.4 Å². The summed E-state index contributed by atoms with van der Waals surface area (Å²) in [6, 6.07) is 0. The van der Waals surface area contributed by atoms with E-state index in [1.54, 1.807) is 22.7 Å². The molecule has 0 aromatic carbocycles. The van der Waals surface area contributed by atoms with Gasteiger partial charge in [0.2, 0.25) is 0 Å². The Bertz CT molecular complexity index is 758. The molecule has 8 nitrogen and oxygen atoms in total. The SMILES string of the molecule is CC(C)Cc1cscn1.CC(C)Cc1cscn1.O=S(=O)(O)CCS(=O)(=O)O. The third-order valence-corrected chi connectivity index (χ3v) is 5.77. The molecule has 0 radical (unpaired) electrons. The Balaban J connectivity index is 0.000000391. The molecular weight excluding hydrogens is 444 g/mol. The zero-order valence-corrected chi connectivity index (χ0v) is 19.6. The van der Waals surface area contributed by atoms with Crippen LogP contribution in [0.1, 0.15) is 39.1 Å². The maximum atomic E-state index is 9.86. The maximum Gasteiger partial charge on any atom is 0.265 e. The largest absolute Gasteiger partial charge is 0.286 e. The van der Waals surface area contributed by atoms with Crippen molar-refractivity contribution in [2.45, 2.75) is 40.5 Å². The Hall–Kier alpha value is -0.920. The van der Waals surface area contributed by atoms with Crippen LogP contribution in [0.5, 0.6) is 0 Å². The first kappa shape index (κ1) is 27.1. The molecule has 2 aromatic rings. The molecule has 0 unspecified atom stereocenters. The van der Waals surface area contributed by atoms with Crippen LogP contribution < -0.4 is 0 Å². The van der Waals surface area contributed by atoms with E-state index in [0.29, 0.717) is 0 Å². The first-order valence-corrected chi connectivity index (χ1v) is 13.5. The minimum absolute atomic E-state index is 0.729. The number of aromatic nitrogens is 2. The highest BCUT2D eigenvalue weighted by atomic mass is 32.2. The van der Waals surface area contributed by atoms with E-state index in [1.807, 2.05) is 11.0 Å². The zero-order chi connectivity index (χ0) is 21.8. The van der Waals surface area contributed by atoms with Crippen LogP contribution in [-0.2, 0) is 33.1 Å². The lowest BCUT2D eigenvalue weighted by atomic mass is 10.1. The molecule has 0 atom stereocenters. The summed E-state index contributed by atoms with van der Waals surface area (Å²) >= 11 is 3.34. The van der Waals surface area contributed by atoms with E-state index >= 15 is 0 Å². The molecule has 28 heavy (non-hydrogen) atoms. The summed E-state index contributed by atoms with van der Waals surface area (Å²) in [6.45, 7) is 8.83. The topological polar surface area (TPSA) is 135 Å². The van der Waals surface area contributed by atoms with Crippen LogP contribution in [0, 0.1) is 11.8 Å². The van der Waals surface area contributed by atoms with E-state index in [9.17, 15) is 16.8 Å². The molecule has 0 spiro atoms. The van der Waals surface area contributed by atoms with E-state index in [0.717, 1.165) is 24.7 Å². The van der Waals surface area contributed by atoms with Crippen LogP contribution in [0.25, 0.3) is 0 Å². The van der Waals surface area contributed by atoms with E-state index in [2.05, 4.69) is 48.4 Å². The second-order valence-corrected chi connectivity index (χ2v) is 11.3. The highest BCUT2D eigenvalue weighted by Crippen LogP contribution is 2.07. The van der Waals surface area contributed by atoms with Gasteiger partial charge in [-0.2, -0.15) is 16.8 Å². The van der Waals surface area contributed by atoms with Crippen molar-refractivity contribution in [2.75, 3.05) is 11.5 Å². The number of hydrogen-bond donors (Lipinski definition) is 2. The molecule has 2 rings (SSSR count). The second kappa shape index (κ2) is 13.3. The minimum Gasteiger partial charge on any atom is -0.286 e. The Kier molecular flexibility index (Phi) is 12.9.